The van der Waals surface area contributed by atoms with Crippen LogP contribution in [0.5, 0.6) is 0 Å². The molecule has 12 N–H and O–H groups in total. The van der Waals surface area contributed by atoms with Crippen LogP contribution in [0.15, 0.2) is 12.5 Å². The predicted octanol–water partition coefficient (Wildman–Crippen LogP) is -5.44. The molecule has 182 valence electrons. The highest BCUT2D eigenvalue weighted by Gasteiger charge is 2.31. The Morgan fingerprint density at radius 1 is 0.909 bits per heavy atom. The molecule has 0 radical (unpaired) electrons. The standard InChI is InChI=1S/C17H26N8O8/c18-8(2-12(19)27)14(29)23-10(3-13(20)28)16(31)24-9(1-7-4-21-6-22-7)15(30)25-11(5-26)17(32)33/h4,6,8-11,26H,1-3,5,18H2,(H2,19,27)(H2,20,28)(H,21,22)(H,23,29)(H,24,31)(H,25,30)(H,32,33). The van der Waals surface area contributed by atoms with Crippen molar-refractivity contribution in [3.05, 3.63) is 18.2 Å². The zero-order valence-corrected chi connectivity index (χ0v) is 17.3. The van der Waals surface area contributed by atoms with Crippen LogP contribution in [0.1, 0.15) is 18.5 Å². The summed E-state index contributed by atoms with van der Waals surface area (Å²) in [5.74, 6) is -6.34. The first kappa shape index (κ1) is 27.0. The van der Waals surface area contributed by atoms with Crippen LogP contribution in [0.3, 0.4) is 0 Å². The van der Waals surface area contributed by atoms with Gasteiger partial charge in [0.2, 0.25) is 29.5 Å². The second kappa shape index (κ2) is 12.7. The SMILES string of the molecule is NC(=O)CC(N)C(=O)NC(CC(N)=O)C(=O)NC(Cc1cnc[nH]1)C(=O)NC(CO)C(=O)O. The first-order valence-corrected chi connectivity index (χ1v) is 9.48. The number of aliphatic hydroxyl groups is 1. The van der Waals surface area contributed by atoms with Crippen molar-refractivity contribution in [3.63, 3.8) is 0 Å². The molecule has 1 aromatic rings. The van der Waals surface area contributed by atoms with Crippen molar-refractivity contribution in [3.8, 4) is 0 Å². The molecule has 5 amide bonds. The van der Waals surface area contributed by atoms with E-state index < -0.39 is 79.1 Å². The Morgan fingerprint density at radius 3 is 1.94 bits per heavy atom. The lowest BCUT2D eigenvalue weighted by Gasteiger charge is -2.24. The average Bonchev–Trinajstić information content (AvgIpc) is 3.22. The monoisotopic (exact) mass is 470 g/mol. The molecular weight excluding hydrogens is 444 g/mol. The number of hydrogen-bond acceptors (Lipinski definition) is 9. The van der Waals surface area contributed by atoms with Crippen LogP contribution in [-0.2, 0) is 35.2 Å². The molecule has 0 saturated heterocycles. The van der Waals surface area contributed by atoms with E-state index in [9.17, 15) is 28.8 Å². The van der Waals surface area contributed by atoms with Crippen molar-refractivity contribution in [1.29, 1.82) is 0 Å². The number of nitrogens with zero attached hydrogens (tertiary/aromatic N) is 1. The zero-order valence-electron chi connectivity index (χ0n) is 17.3. The van der Waals surface area contributed by atoms with Crippen molar-refractivity contribution in [2.45, 2.75) is 43.4 Å². The summed E-state index contributed by atoms with van der Waals surface area (Å²) < 4.78 is 0. The Labute approximate surface area is 186 Å². The smallest absolute Gasteiger partial charge is 0.328 e. The molecule has 0 aliphatic rings. The van der Waals surface area contributed by atoms with Gasteiger partial charge in [-0.25, -0.2) is 9.78 Å². The van der Waals surface area contributed by atoms with Gasteiger partial charge in [-0.1, -0.05) is 0 Å². The molecule has 0 aliphatic heterocycles. The van der Waals surface area contributed by atoms with Gasteiger partial charge in [0, 0.05) is 18.3 Å². The van der Waals surface area contributed by atoms with E-state index in [-0.39, 0.29) is 6.42 Å². The number of aromatic amines is 1. The maximum absolute atomic E-state index is 12.8. The molecule has 16 nitrogen and oxygen atoms in total. The van der Waals surface area contributed by atoms with Crippen LogP contribution < -0.4 is 33.2 Å². The minimum absolute atomic E-state index is 0.187. The summed E-state index contributed by atoms with van der Waals surface area (Å²) in [5, 5.41) is 24.6. The van der Waals surface area contributed by atoms with E-state index in [2.05, 4.69) is 25.9 Å². The van der Waals surface area contributed by atoms with Crippen molar-refractivity contribution in [1.82, 2.24) is 25.9 Å². The van der Waals surface area contributed by atoms with Gasteiger partial charge in [0.15, 0.2) is 0 Å². The molecule has 1 aromatic heterocycles. The highest BCUT2D eigenvalue weighted by atomic mass is 16.4. The molecule has 1 heterocycles. The van der Waals surface area contributed by atoms with Crippen molar-refractivity contribution >= 4 is 35.5 Å². The molecule has 0 aliphatic carbocycles. The van der Waals surface area contributed by atoms with E-state index in [1.54, 1.807) is 0 Å². The van der Waals surface area contributed by atoms with Gasteiger partial charge in [0.25, 0.3) is 0 Å². The van der Waals surface area contributed by atoms with Gasteiger partial charge >= 0.3 is 5.97 Å². The number of carbonyl (C=O) groups is 6. The average molecular weight is 470 g/mol. The first-order chi connectivity index (χ1) is 15.4. The maximum Gasteiger partial charge on any atom is 0.328 e. The molecule has 0 saturated carbocycles. The Kier molecular flexibility index (Phi) is 10.4. The number of amides is 5. The lowest BCUT2D eigenvalue weighted by molar-refractivity contribution is -0.143. The van der Waals surface area contributed by atoms with E-state index in [1.165, 1.54) is 12.5 Å². The van der Waals surface area contributed by atoms with Crippen molar-refractivity contribution < 1.29 is 39.0 Å². The fourth-order valence-electron chi connectivity index (χ4n) is 2.55. The number of nitrogens with one attached hydrogen (secondary N) is 4. The number of imidazole rings is 1. The third-order valence-electron chi connectivity index (χ3n) is 4.21. The van der Waals surface area contributed by atoms with Crippen molar-refractivity contribution in [2.75, 3.05) is 6.61 Å². The minimum atomic E-state index is -1.65. The predicted molar refractivity (Wildman–Crippen MR) is 108 cm³/mol. The largest absolute Gasteiger partial charge is 0.480 e. The topological polar surface area (TPSA) is 286 Å². The number of carbonyl (C=O) groups excluding carboxylic acids is 5. The number of carboxylic acid groups (broad SMARTS) is 1. The molecule has 0 bridgehead atoms. The molecule has 0 aromatic carbocycles. The summed E-state index contributed by atoms with van der Waals surface area (Å²) in [5.41, 5.74) is 16.0. The summed E-state index contributed by atoms with van der Waals surface area (Å²) in [6, 6.07) is -6.03. The minimum Gasteiger partial charge on any atom is -0.480 e. The quantitative estimate of drug-likeness (QED) is 0.124. The highest BCUT2D eigenvalue weighted by Crippen LogP contribution is 2.03. The third-order valence-corrected chi connectivity index (χ3v) is 4.21. The van der Waals surface area contributed by atoms with Gasteiger partial charge in [-0.2, -0.15) is 0 Å². The van der Waals surface area contributed by atoms with E-state index in [1.807, 2.05) is 0 Å². The summed E-state index contributed by atoms with van der Waals surface area (Å²) in [6.45, 7) is -0.913. The van der Waals surface area contributed by atoms with Gasteiger partial charge in [-0.3, -0.25) is 24.0 Å². The van der Waals surface area contributed by atoms with Gasteiger partial charge in [0.1, 0.15) is 18.1 Å². The molecule has 0 spiro atoms. The third kappa shape index (κ3) is 9.32. The van der Waals surface area contributed by atoms with Gasteiger partial charge in [-0.05, 0) is 0 Å². The van der Waals surface area contributed by atoms with Crippen LogP contribution in [0, 0.1) is 0 Å². The normalized spacial score (nSPS) is 14.2. The van der Waals surface area contributed by atoms with E-state index >= 15 is 0 Å². The molecule has 33 heavy (non-hydrogen) atoms. The number of nitrogens with two attached hydrogens (primary N) is 3. The number of aromatic nitrogens is 2. The molecule has 16 heteroatoms. The Bertz CT molecular complexity index is 874. The van der Waals surface area contributed by atoms with Crippen LogP contribution in [0.4, 0.5) is 0 Å². The number of rotatable bonds is 14. The zero-order chi connectivity index (χ0) is 25.1. The van der Waals surface area contributed by atoms with Crippen LogP contribution in [0.2, 0.25) is 0 Å². The lowest BCUT2D eigenvalue weighted by atomic mass is 10.1. The second-order valence-electron chi connectivity index (χ2n) is 6.93. The number of hydrogen-bond donors (Lipinski definition) is 9. The van der Waals surface area contributed by atoms with Crippen LogP contribution >= 0.6 is 0 Å². The van der Waals surface area contributed by atoms with E-state index in [4.69, 9.17) is 27.4 Å². The summed E-state index contributed by atoms with van der Waals surface area (Å²) >= 11 is 0. The van der Waals surface area contributed by atoms with Crippen molar-refractivity contribution in [2.24, 2.45) is 17.2 Å². The lowest BCUT2D eigenvalue weighted by Crippen LogP contribution is -2.58. The maximum atomic E-state index is 12.8. The van der Waals surface area contributed by atoms with E-state index in [0.29, 0.717) is 5.69 Å². The number of aliphatic hydroxyl groups excluding tert-OH is 1. The Balaban J connectivity index is 3.04. The number of aliphatic carboxylic acids is 1. The highest BCUT2D eigenvalue weighted by molar-refractivity contribution is 5.96. The van der Waals surface area contributed by atoms with Gasteiger partial charge in [-0.15, -0.1) is 0 Å². The number of carboxylic acids is 1. The van der Waals surface area contributed by atoms with Crippen LogP contribution in [-0.4, -0.2) is 86.5 Å². The summed E-state index contributed by atoms with van der Waals surface area (Å²) in [4.78, 5) is 77.4. The fourth-order valence-corrected chi connectivity index (χ4v) is 2.55. The first-order valence-electron chi connectivity index (χ1n) is 9.48. The molecule has 0 fully saturated rings. The van der Waals surface area contributed by atoms with E-state index in [0.717, 1.165) is 0 Å². The van der Waals surface area contributed by atoms with Crippen LogP contribution in [0.25, 0.3) is 0 Å². The molecule has 4 unspecified atom stereocenters. The number of primary amides is 2. The molecule has 4 atom stereocenters. The Morgan fingerprint density at radius 2 is 1.45 bits per heavy atom. The summed E-state index contributed by atoms with van der Waals surface area (Å²) in [6.07, 6.45) is 1.26. The number of H-pyrrole nitrogens is 1. The molecular formula is C17H26N8O8. The summed E-state index contributed by atoms with van der Waals surface area (Å²) in [7, 11) is 0. The second-order valence-corrected chi connectivity index (χ2v) is 6.93. The van der Waals surface area contributed by atoms with Gasteiger partial charge in [0.05, 0.1) is 31.8 Å². The fraction of sp³-hybridized carbons (Fsp3) is 0.471. The Hall–Kier alpha value is -4.05. The molecule has 1 rings (SSSR count). The van der Waals surface area contributed by atoms with Gasteiger partial charge < -0.3 is 48.3 Å².